The second-order valence-corrected chi connectivity index (χ2v) is 1.84. The van der Waals surface area contributed by atoms with E-state index in [1.165, 1.54) is 0 Å². The molecular weight excluding hydrogens is 161 g/mol. The summed E-state index contributed by atoms with van der Waals surface area (Å²) in [5.41, 5.74) is 0. The van der Waals surface area contributed by atoms with Crippen LogP contribution in [0.4, 0.5) is 4.39 Å². The van der Waals surface area contributed by atoms with Gasteiger partial charge in [0.15, 0.2) is 0 Å². The third-order valence-electron chi connectivity index (χ3n) is 0.655. The first-order valence-corrected chi connectivity index (χ1v) is 3.10. The Balaban J connectivity index is 2.45. The smallest absolute Gasteiger partial charge is 0.0894 e. The van der Waals surface area contributed by atoms with Crippen molar-refractivity contribution in [3.8, 4) is 0 Å². The topological polar surface area (TPSA) is 12.0 Å². The second kappa shape index (κ2) is 6.37. The summed E-state index contributed by atoms with van der Waals surface area (Å²) in [5, 5.41) is 0. The lowest BCUT2D eigenvalue weighted by Crippen LogP contribution is -1.99. The molecule has 3 heteroatoms. The monoisotopic (exact) mass is 169 g/mol. The van der Waals surface area contributed by atoms with Crippen LogP contribution >= 0.6 is 16.1 Å². The Bertz CT molecular complexity index is 30.9. The molecule has 1 nitrogen and oxygen atoms in total. The minimum absolute atomic E-state index is 0.200. The Hall–Kier alpha value is 0.370. The van der Waals surface area contributed by atoms with E-state index in [4.69, 9.17) is 0 Å². The van der Waals surface area contributed by atoms with Gasteiger partial charge in [0.25, 0.3) is 0 Å². The lowest BCUT2D eigenvalue weighted by molar-refractivity contribution is 0.463. The second-order valence-electron chi connectivity index (χ2n) is 1.28. The maximum atomic E-state index is 11.3. The first-order chi connectivity index (χ1) is 3.41. The number of alkyl halides is 1. The van der Waals surface area contributed by atoms with Crippen LogP contribution < -0.4 is 4.34 Å². The molecule has 0 aliphatic heterocycles. The van der Waals surface area contributed by atoms with E-state index >= 15 is 0 Å². The molecule has 0 radical (unpaired) electrons. The lowest BCUT2D eigenvalue weighted by atomic mass is 10.3. The standard InChI is InChI=1S/C4H9BrFN/c5-7-4-2-1-3-6/h7H,1-4H2. The van der Waals surface area contributed by atoms with Gasteiger partial charge in [-0.2, -0.15) is 0 Å². The molecule has 0 aromatic rings. The van der Waals surface area contributed by atoms with E-state index in [2.05, 4.69) is 20.5 Å². The fourth-order valence-corrected chi connectivity index (χ4v) is 0.567. The van der Waals surface area contributed by atoms with Gasteiger partial charge in [-0.1, -0.05) is 0 Å². The minimum atomic E-state index is -0.200. The molecule has 44 valence electrons. The highest BCUT2D eigenvalue weighted by Gasteiger charge is 1.81. The molecule has 7 heavy (non-hydrogen) atoms. The van der Waals surface area contributed by atoms with Crippen molar-refractivity contribution in [2.45, 2.75) is 12.8 Å². The van der Waals surface area contributed by atoms with E-state index in [9.17, 15) is 4.39 Å². The Morgan fingerprint density at radius 2 is 2.14 bits per heavy atom. The third kappa shape index (κ3) is 6.37. The van der Waals surface area contributed by atoms with E-state index in [1.54, 1.807) is 0 Å². The number of hydrogen-bond acceptors (Lipinski definition) is 1. The summed E-state index contributed by atoms with van der Waals surface area (Å²) in [6.07, 6.45) is 1.57. The molecule has 0 amide bonds. The fraction of sp³-hybridized carbons (Fsp3) is 1.00. The Kier molecular flexibility index (Phi) is 6.71. The van der Waals surface area contributed by atoms with Crippen LogP contribution in [0.2, 0.25) is 0 Å². The van der Waals surface area contributed by atoms with Crippen LogP contribution in [0, 0.1) is 0 Å². The molecular formula is C4H9BrFN. The summed E-state index contributed by atoms with van der Waals surface area (Å²) in [6, 6.07) is 0. The Labute approximate surface area is 51.6 Å². The van der Waals surface area contributed by atoms with Crippen LogP contribution in [0.15, 0.2) is 0 Å². The molecule has 0 aromatic carbocycles. The van der Waals surface area contributed by atoms with Crippen LogP contribution in [0.25, 0.3) is 0 Å². The summed E-state index contributed by atoms with van der Waals surface area (Å²) in [5.74, 6) is 0. The van der Waals surface area contributed by atoms with Gasteiger partial charge in [0.2, 0.25) is 0 Å². The van der Waals surface area contributed by atoms with E-state index in [0.29, 0.717) is 6.42 Å². The van der Waals surface area contributed by atoms with E-state index in [0.717, 1.165) is 13.0 Å². The highest BCUT2D eigenvalue weighted by Crippen LogP contribution is 1.86. The van der Waals surface area contributed by atoms with Crippen molar-refractivity contribution in [2.24, 2.45) is 0 Å². The van der Waals surface area contributed by atoms with E-state index in [1.807, 2.05) is 0 Å². The molecule has 0 heterocycles. The molecule has 0 spiro atoms. The highest BCUT2D eigenvalue weighted by atomic mass is 79.9. The average molecular weight is 170 g/mol. The third-order valence-corrected chi connectivity index (χ3v) is 1.05. The number of hydrogen-bond donors (Lipinski definition) is 1. The van der Waals surface area contributed by atoms with Gasteiger partial charge in [0, 0.05) is 22.7 Å². The summed E-state index contributed by atoms with van der Waals surface area (Å²) in [4.78, 5) is 0. The quantitative estimate of drug-likeness (QED) is 0.499. The van der Waals surface area contributed by atoms with Crippen LogP contribution in [-0.2, 0) is 0 Å². The number of nitrogens with one attached hydrogen (secondary N) is 1. The normalized spacial score (nSPS) is 9.43. The molecule has 0 saturated carbocycles. The van der Waals surface area contributed by atoms with E-state index < -0.39 is 0 Å². The van der Waals surface area contributed by atoms with Gasteiger partial charge in [-0.15, -0.1) is 0 Å². The van der Waals surface area contributed by atoms with Crippen LogP contribution in [-0.4, -0.2) is 13.2 Å². The van der Waals surface area contributed by atoms with Crippen molar-refractivity contribution in [1.82, 2.24) is 4.34 Å². The van der Waals surface area contributed by atoms with Crippen LogP contribution in [0.3, 0.4) is 0 Å². The first-order valence-electron chi connectivity index (χ1n) is 2.31. The maximum absolute atomic E-state index is 11.3. The maximum Gasteiger partial charge on any atom is 0.0894 e. The summed E-state index contributed by atoms with van der Waals surface area (Å²) in [6.45, 7) is 0.651. The molecule has 0 aromatic heterocycles. The van der Waals surface area contributed by atoms with Gasteiger partial charge in [-0.3, -0.25) is 8.73 Å². The molecule has 0 atom stereocenters. The molecule has 0 aliphatic carbocycles. The number of rotatable bonds is 4. The van der Waals surface area contributed by atoms with Gasteiger partial charge < -0.3 is 0 Å². The molecule has 1 N–H and O–H groups in total. The molecule has 0 fully saturated rings. The van der Waals surface area contributed by atoms with Crippen molar-refractivity contribution >= 4 is 16.1 Å². The Morgan fingerprint density at radius 3 is 2.57 bits per heavy atom. The zero-order chi connectivity index (χ0) is 5.54. The molecule has 0 aliphatic rings. The summed E-state index contributed by atoms with van der Waals surface area (Å²) >= 11 is 3.01. The first kappa shape index (κ1) is 7.37. The number of halogens is 2. The average Bonchev–Trinajstić information content (AvgIpc) is 1.69. The van der Waals surface area contributed by atoms with Crippen LogP contribution in [0.1, 0.15) is 12.8 Å². The van der Waals surface area contributed by atoms with Gasteiger partial charge in [-0.25, -0.2) is 0 Å². The van der Waals surface area contributed by atoms with Crippen LogP contribution in [0.5, 0.6) is 0 Å². The lowest BCUT2D eigenvalue weighted by Gasteiger charge is -1.90. The minimum Gasteiger partial charge on any atom is -0.256 e. The predicted molar refractivity (Wildman–Crippen MR) is 32.1 cm³/mol. The van der Waals surface area contributed by atoms with Gasteiger partial charge >= 0.3 is 0 Å². The Morgan fingerprint density at radius 1 is 1.43 bits per heavy atom. The molecule has 0 saturated heterocycles. The highest BCUT2D eigenvalue weighted by molar-refractivity contribution is 9.08. The van der Waals surface area contributed by atoms with Gasteiger partial charge in [-0.05, 0) is 12.8 Å². The van der Waals surface area contributed by atoms with Gasteiger partial charge in [0.1, 0.15) is 0 Å². The largest absolute Gasteiger partial charge is 0.256 e. The SMILES string of the molecule is FCCCCNBr. The van der Waals surface area contributed by atoms with Gasteiger partial charge in [0.05, 0.1) is 6.67 Å². The summed E-state index contributed by atoms with van der Waals surface area (Å²) in [7, 11) is 0. The van der Waals surface area contributed by atoms with Crippen molar-refractivity contribution in [3.63, 3.8) is 0 Å². The predicted octanol–water partition coefficient (Wildman–Crippen LogP) is 1.64. The van der Waals surface area contributed by atoms with Crippen molar-refractivity contribution in [2.75, 3.05) is 13.2 Å². The van der Waals surface area contributed by atoms with Crippen molar-refractivity contribution in [3.05, 3.63) is 0 Å². The van der Waals surface area contributed by atoms with E-state index in [-0.39, 0.29) is 6.67 Å². The zero-order valence-corrected chi connectivity index (χ0v) is 5.67. The molecule has 0 rings (SSSR count). The van der Waals surface area contributed by atoms with Crippen molar-refractivity contribution < 1.29 is 4.39 Å². The zero-order valence-electron chi connectivity index (χ0n) is 4.08. The summed E-state index contributed by atoms with van der Waals surface area (Å²) < 4.78 is 14.0. The van der Waals surface area contributed by atoms with Crippen molar-refractivity contribution in [1.29, 1.82) is 0 Å². The fourth-order valence-electron chi connectivity index (χ4n) is 0.286. The molecule has 0 bridgehead atoms. The molecule has 0 unspecified atom stereocenters. The number of unbranched alkanes of at least 4 members (excludes halogenated alkanes) is 1.